The lowest BCUT2D eigenvalue weighted by molar-refractivity contribution is 0.0946. The molecule has 0 saturated carbocycles. The summed E-state index contributed by atoms with van der Waals surface area (Å²) in [5.41, 5.74) is 10.8. The molecule has 0 fully saturated rings. The summed E-state index contributed by atoms with van der Waals surface area (Å²) in [5, 5.41) is 7.54. The third kappa shape index (κ3) is 3.79. The van der Waals surface area contributed by atoms with Crippen LogP contribution in [0.1, 0.15) is 47.1 Å². The highest BCUT2D eigenvalue weighted by molar-refractivity contribution is 5.94. The van der Waals surface area contributed by atoms with Gasteiger partial charge in [0.1, 0.15) is 0 Å². The highest BCUT2D eigenvalue weighted by Crippen LogP contribution is 2.27. The number of nitrogens with zero attached hydrogens (tertiary/aromatic N) is 2. The van der Waals surface area contributed by atoms with E-state index in [9.17, 15) is 4.79 Å². The molecule has 1 aromatic heterocycles. The monoisotopic (exact) mass is 348 g/mol. The van der Waals surface area contributed by atoms with Crippen molar-refractivity contribution in [2.24, 2.45) is 5.73 Å². The van der Waals surface area contributed by atoms with Crippen LogP contribution in [-0.2, 0) is 12.8 Å². The first-order chi connectivity index (χ1) is 11.1. The Morgan fingerprint density at radius 2 is 2.04 bits per heavy atom. The molecule has 0 radical (unpaired) electrons. The Morgan fingerprint density at radius 3 is 2.71 bits per heavy atom. The Bertz CT molecular complexity index is 707. The maximum atomic E-state index is 12.5. The minimum Gasteiger partial charge on any atom is -0.351 e. The van der Waals surface area contributed by atoms with Gasteiger partial charge in [0.05, 0.1) is 5.69 Å². The Labute approximate surface area is 149 Å². The van der Waals surface area contributed by atoms with Gasteiger partial charge in [-0.3, -0.25) is 4.79 Å². The first-order valence-electron chi connectivity index (χ1n) is 8.28. The Morgan fingerprint density at radius 1 is 1.33 bits per heavy atom. The van der Waals surface area contributed by atoms with Crippen molar-refractivity contribution in [1.29, 1.82) is 0 Å². The van der Waals surface area contributed by atoms with Gasteiger partial charge < -0.3 is 11.1 Å². The highest BCUT2D eigenvalue weighted by atomic mass is 35.5. The number of hydrogen-bond donors (Lipinski definition) is 2. The third-order valence-corrected chi connectivity index (χ3v) is 4.31. The molecule has 3 rings (SSSR count). The van der Waals surface area contributed by atoms with Gasteiger partial charge >= 0.3 is 0 Å². The van der Waals surface area contributed by atoms with Crippen LogP contribution >= 0.6 is 12.4 Å². The molecule has 0 aliphatic heterocycles. The van der Waals surface area contributed by atoms with Gasteiger partial charge in [0.15, 0.2) is 5.69 Å². The molecule has 0 spiro atoms. The lowest BCUT2D eigenvalue weighted by Crippen LogP contribution is -2.29. The molecular weight excluding hydrogens is 324 g/mol. The second kappa shape index (κ2) is 7.81. The van der Waals surface area contributed by atoms with Gasteiger partial charge in [-0.2, -0.15) is 5.10 Å². The number of aryl methyl sites for hydroxylation is 1. The molecule has 130 valence electrons. The van der Waals surface area contributed by atoms with E-state index in [0.717, 1.165) is 36.9 Å². The lowest BCUT2D eigenvalue weighted by atomic mass is 10.2. The van der Waals surface area contributed by atoms with E-state index in [4.69, 9.17) is 5.73 Å². The van der Waals surface area contributed by atoms with Crippen molar-refractivity contribution in [3.63, 3.8) is 0 Å². The zero-order valence-electron chi connectivity index (χ0n) is 14.2. The van der Waals surface area contributed by atoms with Gasteiger partial charge in [-0.25, -0.2) is 4.68 Å². The van der Waals surface area contributed by atoms with Gasteiger partial charge in [-0.15, -0.1) is 12.4 Å². The van der Waals surface area contributed by atoms with Gasteiger partial charge in [0, 0.05) is 23.8 Å². The molecule has 1 amide bonds. The second-order valence-electron chi connectivity index (χ2n) is 6.40. The number of aromatic nitrogens is 2. The van der Waals surface area contributed by atoms with Crippen LogP contribution in [-0.4, -0.2) is 28.3 Å². The number of nitrogens with one attached hydrogen (secondary N) is 1. The molecule has 5 nitrogen and oxygen atoms in total. The van der Waals surface area contributed by atoms with Gasteiger partial charge in [-0.05, 0) is 51.7 Å². The number of rotatable bonds is 5. The highest BCUT2D eigenvalue weighted by Gasteiger charge is 2.26. The van der Waals surface area contributed by atoms with E-state index in [1.807, 2.05) is 11.6 Å². The topological polar surface area (TPSA) is 72.9 Å². The minimum atomic E-state index is -0.0883. The van der Waals surface area contributed by atoms with Gasteiger partial charge in [0.2, 0.25) is 0 Å². The van der Waals surface area contributed by atoms with Crippen LogP contribution in [0.4, 0.5) is 0 Å². The van der Waals surface area contributed by atoms with Crippen LogP contribution in [0.2, 0.25) is 0 Å². The molecule has 3 N–H and O–H groups in total. The molecule has 2 aromatic rings. The van der Waals surface area contributed by atoms with Crippen LogP contribution in [0, 0.1) is 6.92 Å². The molecule has 1 aliphatic carbocycles. The molecule has 0 bridgehead atoms. The molecule has 1 aromatic carbocycles. The van der Waals surface area contributed by atoms with Crippen LogP contribution in [0.5, 0.6) is 0 Å². The Balaban J connectivity index is 0.00000208. The van der Waals surface area contributed by atoms with E-state index in [0.29, 0.717) is 12.2 Å². The smallest absolute Gasteiger partial charge is 0.272 e. The van der Waals surface area contributed by atoms with E-state index in [-0.39, 0.29) is 24.4 Å². The number of carbonyl (C=O) groups excluding carboxylic acids is 1. The molecule has 0 saturated heterocycles. The van der Waals surface area contributed by atoms with E-state index < -0.39 is 0 Å². The summed E-state index contributed by atoms with van der Waals surface area (Å²) >= 11 is 0. The maximum Gasteiger partial charge on any atom is 0.272 e. The van der Waals surface area contributed by atoms with Crippen molar-refractivity contribution in [2.75, 3.05) is 6.54 Å². The summed E-state index contributed by atoms with van der Waals surface area (Å²) < 4.78 is 1.93. The number of fused-ring (bicyclic) bond motifs is 1. The average Bonchev–Trinajstić information content (AvgIpc) is 3.09. The number of carbonyl (C=O) groups is 1. The van der Waals surface area contributed by atoms with Crippen LogP contribution in [0.3, 0.4) is 0 Å². The largest absolute Gasteiger partial charge is 0.351 e. The predicted molar refractivity (Wildman–Crippen MR) is 98.2 cm³/mol. The SMILES string of the molecule is Cc1ccc(-n2nc(C(=O)NCCC(C)N)c3c2CCC3)cc1.Cl. The van der Waals surface area contributed by atoms with E-state index >= 15 is 0 Å². The normalized spacial score (nSPS) is 14.0. The number of amides is 1. The van der Waals surface area contributed by atoms with Crippen molar-refractivity contribution in [3.8, 4) is 5.69 Å². The zero-order valence-corrected chi connectivity index (χ0v) is 15.0. The van der Waals surface area contributed by atoms with Crippen molar-refractivity contribution in [1.82, 2.24) is 15.1 Å². The first-order valence-corrected chi connectivity index (χ1v) is 8.28. The van der Waals surface area contributed by atoms with Gasteiger partial charge in [0.25, 0.3) is 5.91 Å². The first kappa shape index (κ1) is 18.5. The van der Waals surface area contributed by atoms with Gasteiger partial charge in [-0.1, -0.05) is 17.7 Å². The Hall–Kier alpha value is -1.85. The fourth-order valence-electron chi connectivity index (χ4n) is 3.02. The molecule has 1 atom stereocenters. The number of hydrogen-bond acceptors (Lipinski definition) is 3. The molecule has 24 heavy (non-hydrogen) atoms. The van der Waals surface area contributed by atoms with Crippen molar-refractivity contribution >= 4 is 18.3 Å². The van der Waals surface area contributed by atoms with Crippen LogP contribution in [0.15, 0.2) is 24.3 Å². The van der Waals surface area contributed by atoms with Crippen molar-refractivity contribution in [2.45, 2.75) is 45.6 Å². The molecule has 1 heterocycles. The molecule has 1 aliphatic rings. The minimum absolute atomic E-state index is 0. The average molecular weight is 349 g/mol. The maximum absolute atomic E-state index is 12.5. The quantitative estimate of drug-likeness (QED) is 0.872. The third-order valence-electron chi connectivity index (χ3n) is 4.31. The Kier molecular flexibility index (Phi) is 6.02. The van der Waals surface area contributed by atoms with Crippen LogP contribution < -0.4 is 11.1 Å². The van der Waals surface area contributed by atoms with E-state index in [1.54, 1.807) is 0 Å². The fourth-order valence-corrected chi connectivity index (χ4v) is 3.02. The van der Waals surface area contributed by atoms with Crippen molar-refractivity contribution in [3.05, 3.63) is 46.8 Å². The summed E-state index contributed by atoms with van der Waals surface area (Å²) in [6, 6.07) is 8.34. The van der Waals surface area contributed by atoms with Crippen LogP contribution in [0.25, 0.3) is 5.69 Å². The fraction of sp³-hybridized carbons (Fsp3) is 0.444. The molecular formula is C18H25ClN4O. The number of halogens is 1. The summed E-state index contributed by atoms with van der Waals surface area (Å²) in [7, 11) is 0. The summed E-state index contributed by atoms with van der Waals surface area (Å²) in [4.78, 5) is 12.5. The lowest BCUT2D eigenvalue weighted by Gasteiger charge is -2.07. The number of nitrogens with two attached hydrogens (primary N) is 1. The summed E-state index contributed by atoms with van der Waals surface area (Å²) in [5.74, 6) is -0.0883. The zero-order chi connectivity index (χ0) is 16.4. The molecule has 6 heteroatoms. The standard InChI is InChI=1S/C18H24N4O.ClH/c1-12-6-8-14(9-7-12)22-16-5-3-4-15(16)17(21-22)18(23)20-11-10-13(2)19;/h6-9,13H,3-5,10-11,19H2,1-2H3,(H,20,23);1H. The summed E-state index contributed by atoms with van der Waals surface area (Å²) in [6.45, 7) is 4.59. The predicted octanol–water partition coefficient (Wildman–Crippen LogP) is 2.56. The van der Waals surface area contributed by atoms with E-state index in [1.165, 1.54) is 11.3 Å². The number of benzene rings is 1. The summed E-state index contributed by atoms with van der Waals surface area (Å²) in [6.07, 6.45) is 3.76. The van der Waals surface area contributed by atoms with E-state index in [2.05, 4.69) is 41.6 Å². The van der Waals surface area contributed by atoms with Crippen molar-refractivity contribution < 1.29 is 4.79 Å². The second-order valence-corrected chi connectivity index (χ2v) is 6.40. The molecule has 1 unspecified atom stereocenters.